The standard InChI is InChI=1S/C18H20N8/c1-13-12-15(25-17-19-7-4-8-20-17)24-16(23-13)14-6-2-3-11-26(14)18-21-9-5-10-22-18/h4-5,7-10,12,14H,2-3,6,11H2,1H3,(H,19,20,23,24,25). The summed E-state index contributed by atoms with van der Waals surface area (Å²) in [4.78, 5) is 28.8. The van der Waals surface area contributed by atoms with Crippen LogP contribution in [0.3, 0.4) is 0 Å². The van der Waals surface area contributed by atoms with Crippen LogP contribution < -0.4 is 10.2 Å². The molecular formula is C18H20N8. The smallest absolute Gasteiger partial charge is 0.228 e. The van der Waals surface area contributed by atoms with Crippen LogP contribution in [0.25, 0.3) is 0 Å². The summed E-state index contributed by atoms with van der Waals surface area (Å²) < 4.78 is 0. The Morgan fingerprint density at radius 3 is 2.46 bits per heavy atom. The predicted octanol–water partition coefficient (Wildman–Crippen LogP) is 2.84. The normalized spacial score (nSPS) is 17.1. The summed E-state index contributed by atoms with van der Waals surface area (Å²) in [6.45, 7) is 2.87. The Bertz CT molecular complexity index is 856. The van der Waals surface area contributed by atoms with E-state index in [2.05, 4.69) is 35.1 Å². The van der Waals surface area contributed by atoms with E-state index >= 15 is 0 Å². The molecule has 8 heteroatoms. The molecular weight excluding hydrogens is 328 g/mol. The van der Waals surface area contributed by atoms with Gasteiger partial charge >= 0.3 is 0 Å². The summed E-state index contributed by atoms with van der Waals surface area (Å²) >= 11 is 0. The third-order valence-electron chi connectivity index (χ3n) is 4.29. The molecule has 1 aliphatic heterocycles. The maximum absolute atomic E-state index is 4.73. The molecule has 8 nitrogen and oxygen atoms in total. The average Bonchev–Trinajstić information content (AvgIpc) is 2.69. The minimum atomic E-state index is 0.0586. The van der Waals surface area contributed by atoms with Gasteiger partial charge in [0.25, 0.3) is 0 Å². The van der Waals surface area contributed by atoms with Crippen LogP contribution in [-0.4, -0.2) is 36.4 Å². The Balaban J connectivity index is 1.65. The van der Waals surface area contributed by atoms with E-state index in [1.165, 1.54) is 0 Å². The second kappa shape index (κ2) is 7.38. The van der Waals surface area contributed by atoms with Gasteiger partial charge < -0.3 is 10.2 Å². The minimum Gasteiger partial charge on any atom is -0.331 e. The van der Waals surface area contributed by atoms with Gasteiger partial charge in [0, 0.05) is 43.1 Å². The van der Waals surface area contributed by atoms with Crippen molar-refractivity contribution < 1.29 is 0 Å². The molecule has 3 aromatic rings. The highest BCUT2D eigenvalue weighted by molar-refractivity contribution is 5.48. The van der Waals surface area contributed by atoms with Gasteiger partial charge in [0.1, 0.15) is 5.82 Å². The number of nitrogens with zero attached hydrogens (tertiary/aromatic N) is 7. The van der Waals surface area contributed by atoms with Gasteiger partial charge in [0.2, 0.25) is 11.9 Å². The van der Waals surface area contributed by atoms with Gasteiger partial charge in [-0.2, -0.15) is 0 Å². The van der Waals surface area contributed by atoms with Crippen LogP contribution in [0.4, 0.5) is 17.7 Å². The average molecular weight is 348 g/mol. The van der Waals surface area contributed by atoms with Crippen LogP contribution in [0.1, 0.15) is 36.8 Å². The van der Waals surface area contributed by atoms with Gasteiger partial charge in [-0.1, -0.05) is 0 Å². The van der Waals surface area contributed by atoms with Crippen LogP contribution in [0.5, 0.6) is 0 Å². The number of rotatable bonds is 4. The number of piperidine rings is 1. The molecule has 0 aliphatic carbocycles. The summed E-state index contributed by atoms with van der Waals surface area (Å²) in [7, 11) is 0. The first-order valence-electron chi connectivity index (χ1n) is 8.73. The molecule has 1 fully saturated rings. The molecule has 1 saturated heterocycles. The summed E-state index contributed by atoms with van der Waals surface area (Å²) in [5, 5.41) is 3.16. The lowest BCUT2D eigenvalue weighted by Gasteiger charge is -2.34. The summed E-state index contributed by atoms with van der Waals surface area (Å²) in [6, 6.07) is 5.56. The third kappa shape index (κ3) is 3.58. The lowest BCUT2D eigenvalue weighted by Crippen LogP contribution is -2.35. The Hall–Kier alpha value is -3.16. The van der Waals surface area contributed by atoms with Crippen molar-refractivity contribution in [2.24, 2.45) is 0 Å². The van der Waals surface area contributed by atoms with E-state index < -0.39 is 0 Å². The molecule has 0 radical (unpaired) electrons. The number of hydrogen-bond acceptors (Lipinski definition) is 8. The third-order valence-corrected chi connectivity index (χ3v) is 4.29. The van der Waals surface area contributed by atoms with Crippen molar-refractivity contribution in [3.63, 3.8) is 0 Å². The van der Waals surface area contributed by atoms with Crippen molar-refractivity contribution in [3.8, 4) is 0 Å². The Kier molecular flexibility index (Phi) is 4.63. The molecule has 0 aromatic carbocycles. The molecule has 3 aromatic heterocycles. The van der Waals surface area contributed by atoms with Gasteiger partial charge in [0.15, 0.2) is 5.82 Å². The zero-order valence-corrected chi connectivity index (χ0v) is 14.6. The Morgan fingerprint density at radius 1 is 0.962 bits per heavy atom. The lowest BCUT2D eigenvalue weighted by molar-refractivity contribution is 0.448. The van der Waals surface area contributed by atoms with E-state index in [0.29, 0.717) is 11.8 Å². The first kappa shape index (κ1) is 16.3. The van der Waals surface area contributed by atoms with Gasteiger partial charge in [-0.05, 0) is 38.3 Å². The fraction of sp³-hybridized carbons (Fsp3) is 0.333. The lowest BCUT2D eigenvalue weighted by atomic mass is 10.0. The first-order valence-corrected chi connectivity index (χ1v) is 8.73. The zero-order chi connectivity index (χ0) is 17.8. The number of hydrogen-bond donors (Lipinski definition) is 1. The van der Waals surface area contributed by atoms with E-state index in [0.717, 1.165) is 43.3 Å². The van der Waals surface area contributed by atoms with Crippen molar-refractivity contribution in [2.75, 3.05) is 16.8 Å². The van der Waals surface area contributed by atoms with Gasteiger partial charge in [-0.25, -0.2) is 29.9 Å². The zero-order valence-electron chi connectivity index (χ0n) is 14.6. The van der Waals surface area contributed by atoms with Crippen molar-refractivity contribution in [1.29, 1.82) is 0 Å². The van der Waals surface area contributed by atoms with Crippen molar-refractivity contribution in [3.05, 3.63) is 54.5 Å². The van der Waals surface area contributed by atoms with Crippen molar-refractivity contribution >= 4 is 17.7 Å². The van der Waals surface area contributed by atoms with Crippen LogP contribution in [0.2, 0.25) is 0 Å². The summed E-state index contributed by atoms with van der Waals surface area (Å²) in [6.07, 6.45) is 10.2. The van der Waals surface area contributed by atoms with Gasteiger partial charge in [0.05, 0.1) is 6.04 Å². The van der Waals surface area contributed by atoms with E-state index in [1.54, 1.807) is 30.9 Å². The maximum atomic E-state index is 4.73. The molecule has 0 spiro atoms. The van der Waals surface area contributed by atoms with E-state index in [-0.39, 0.29) is 6.04 Å². The number of nitrogens with one attached hydrogen (secondary N) is 1. The minimum absolute atomic E-state index is 0.0586. The Labute approximate surface area is 151 Å². The molecule has 1 atom stereocenters. The highest BCUT2D eigenvalue weighted by atomic mass is 15.3. The highest BCUT2D eigenvalue weighted by Crippen LogP contribution is 2.32. The van der Waals surface area contributed by atoms with E-state index in [1.807, 2.05) is 19.1 Å². The van der Waals surface area contributed by atoms with Crippen LogP contribution >= 0.6 is 0 Å². The fourth-order valence-electron chi connectivity index (χ4n) is 3.16. The van der Waals surface area contributed by atoms with Gasteiger partial charge in [-0.15, -0.1) is 0 Å². The second-order valence-corrected chi connectivity index (χ2v) is 6.20. The summed E-state index contributed by atoms with van der Waals surface area (Å²) in [5.41, 5.74) is 0.896. The fourth-order valence-corrected chi connectivity index (χ4v) is 3.16. The van der Waals surface area contributed by atoms with Crippen molar-refractivity contribution in [2.45, 2.75) is 32.2 Å². The molecule has 0 amide bonds. The first-order chi connectivity index (χ1) is 12.8. The highest BCUT2D eigenvalue weighted by Gasteiger charge is 2.28. The van der Waals surface area contributed by atoms with Crippen molar-refractivity contribution in [1.82, 2.24) is 29.9 Å². The number of anilines is 3. The molecule has 0 bridgehead atoms. The topological polar surface area (TPSA) is 92.6 Å². The molecule has 132 valence electrons. The molecule has 1 unspecified atom stereocenters. The van der Waals surface area contributed by atoms with Gasteiger partial charge in [-0.3, -0.25) is 0 Å². The number of aryl methyl sites for hydroxylation is 1. The molecule has 26 heavy (non-hydrogen) atoms. The molecule has 1 N–H and O–H groups in total. The molecule has 4 heterocycles. The van der Waals surface area contributed by atoms with Crippen LogP contribution in [0, 0.1) is 6.92 Å². The summed E-state index contributed by atoms with van der Waals surface area (Å²) in [5.74, 6) is 2.71. The molecule has 4 rings (SSSR count). The van der Waals surface area contributed by atoms with Crippen LogP contribution in [0.15, 0.2) is 43.0 Å². The SMILES string of the molecule is Cc1cc(Nc2ncccn2)nc(C2CCCCN2c2ncccn2)n1. The van der Waals surface area contributed by atoms with E-state index in [4.69, 9.17) is 4.98 Å². The van der Waals surface area contributed by atoms with Crippen LogP contribution in [-0.2, 0) is 0 Å². The molecule has 0 saturated carbocycles. The maximum Gasteiger partial charge on any atom is 0.228 e. The quantitative estimate of drug-likeness (QED) is 0.769. The Morgan fingerprint density at radius 2 is 1.69 bits per heavy atom. The molecule has 1 aliphatic rings. The largest absolute Gasteiger partial charge is 0.331 e. The predicted molar refractivity (Wildman–Crippen MR) is 98.1 cm³/mol. The monoisotopic (exact) mass is 348 g/mol. The van der Waals surface area contributed by atoms with E-state index in [9.17, 15) is 0 Å². The second-order valence-electron chi connectivity index (χ2n) is 6.20. The number of aromatic nitrogens is 6.